The molecule has 2 aromatic carbocycles. The molecule has 0 unspecified atom stereocenters. The number of carbonyl (C=O) groups excluding carboxylic acids is 1. The second-order valence-corrected chi connectivity index (χ2v) is 5.51. The number of aromatic nitrogens is 4. The molecule has 26 heavy (non-hydrogen) atoms. The largest absolute Gasteiger partial charge is 0.322 e. The number of hydrogen-bond donors (Lipinski definition) is 1. The number of rotatable bonds is 3. The van der Waals surface area contributed by atoms with E-state index in [1.165, 1.54) is 6.33 Å². The van der Waals surface area contributed by atoms with Crippen molar-refractivity contribution in [1.82, 2.24) is 19.8 Å². The van der Waals surface area contributed by atoms with E-state index in [1.54, 1.807) is 34.8 Å². The lowest BCUT2D eigenvalue weighted by Crippen LogP contribution is -2.13. The van der Waals surface area contributed by atoms with Crippen LogP contribution in [0.3, 0.4) is 0 Å². The second kappa shape index (κ2) is 6.32. The van der Waals surface area contributed by atoms with Crippen LogP contribution in [0.25, 0.3) is 16.9 Å². The first-order chi connectivity index (χ1) is 12.6. The van der Waals surface area contributed by atoms with E-state index in [0.717, 1.165) is 17.7 Å². The van der Waals surface area contributed by atoms with Gasteiger partial charge in [0.05, 0.1) is 11.3 Å². The minimum atomic E-state index is -0.912. The lowest BCUT2D eigenvalue weighted by Gasteiger charge is -2.07. The number of benzene rings is 2. The van der Waals surface area contributed by atoms with Gasteiger partial charge in [-0.3, -0.25) is 4.79 Å². The van der Waals surface area contributed by atoms with Gasteiger partial charge in [-0.25, -0.2) is 8.78 Å². The fraction of sp³-hybridized carbons (Fsp3) is 0. The van der Waals surface area contributed by atoms with Gasteiger partial charge in [-0.05, 0) is 36.4 Å². The molecule has 0 spiro atoms. The molecule has 0 bridgehead atoms. The molecule has 1 amide bonds. The van der Waals surface area contributed by atoms with Gasteiger partial charge >= 0.3 is 0 Å². The van der Waals surface area contributed by atoms with Gasteiger partial charge in [-0.2, -0.15) is 9.61 Å². The number of nitrogens with zero attached hydrogens (tertiary/aromatic N) is 4. The number of fused-ring (bicyclic) bond motifs is 1. The van der Waals surface area contributed by atoms with Gasteiger partial charge < -0.3 is 5.32 Å². The lowest BCUT2D eigenvalue weighted by molar-refractivity contribution is 0.102. The standard InChI is InChI=1S/C18H11F2N5O/c19-12-3-6-14(15(20)9-12)18(26)22-13-4-1-11(2-5-13)16-7-8-17-23-21-10-25(17)24-16/h1-10H,(H,22,26). The molecule has 0 aliphatic carbocycles. The summed E-state index contributed by atoms with van der Waals surface area (Å²) in [4.78, 5) is 12.1. The Labute approximate surface area is 146 Å². The molecule has 0 atom stereocenters. The fourth-order valence-corrected chi connectivity index (χ4v) is 2.48. The molecule has 0 aliphatic heterocycles. The monoisotopic (exact) mass is 351 g/mol. The Morgan fingerprint density at radius 1 is 1.00 bits per heavy atom. The summed E-state index contributed by atoms with van der Waals surface area (Å²) in [6.45, 7) is 0. The topological polar surface area (TPSA) is 72.2 Å². The quantitative estimate of drug-likeness (QED) is 0.615. The zero-order chi connectivity index (χ0) is 18.1. The molecular weight excluding hydrogens is 340 g/mol. The van der Waals surface area contributed by atoms with Crippen molar-refractivity contribution in [3.8, 4) is 11.3 Å². The first-order valence-corrected chi connectivity index (χ1v) is 7.64. The van der Waals surface area contributed by atoms with Crippen LogP contribution in [0.1, 0.15) is 10.4 Å². The highest BCUT2D eigenvalue weighted by Crippen LogP contribution is 2.20. The van der Waals surface area contributed by atoms with Crippen LogP contribution in [0.4, 0.5) is 14.5 Å². The Hall–Kier alpha value is -3.68. The summed E-state index contributed by atoms with van der Waals surface area (Å²) >= 11 is 0. The van der Waals surface area contributed by atoms with Gasteiger partial charge in [0.1, 0.15) is 18.0 Å². The molecule has 0 aliphatic rings. The zero-order valence-electron chi connectivity index (χ0n) is 13.2. The Bertz CT molecular complexity index is 1110. The van der Waals surface area contributed by atoms with Gasteiger partial charge in [-0.1, -0.05) is 12.1 Å². The van der Waals surface area contributed by atoms with E-state index in [2.05, 4.69) is 20.6 Å². The highest BCUT2D eigenvalue weighted by atomic mass is 19.1. The maximum Gasteiger partial charge on any atom is 0.258 e. The lowest BCUT2D eigenvalue weighted by atomic mass is 10.1. The molecule has 2 aromatic heterocycles. The van der Waals surface area contributed by atoms with Gasteiger partial charge in [0.2, 0.25) is 0 Å². The number of carbonyl (C=O) groups is 1. The van der Waals surface area contributed by atoms with Crippen molar-refractivity contribution in [2.45, 2.75) is 0 Å². The van der Waals surface area contributed by atoms with Crippen LogP contribution >= 0.6 is 0 Å². The normalized spacial score (nSPS) is 10.8. The fourth-order valence-electron chi connectivity index (χ4n) is 2.48. The summed E-state index contributed by atoms with van der Waals surface area (Å²) in [6.07, 6.45) is 1.50. The molecule has 0 saturated carbocycles. The molecule has 1 N–H and O–H groups in total. The van der Waals surface area contributed by atoms with Crippen LogP contribution in [0.15, 0.2) is 60.9 Å². The molecule has 2 heterocycles. The van der Waals surface area contributed by atoms with Crippen LogP contribution in [0.2, 0.25) is 0 Å². The summed E-state index contributed by atoms with van der Waals surface area (Å²) < 4.78 is 28.2. The number of hydrogen-bond acceptors (Lipinski definition) is 4. The van der Waals surface area contributed by atoms with Gasteiger partial charge in [0.25, 0.3) is 5.91 Å². The van der Waals surface area contributed by atoms with E-state index in [1.807, 2.05) is 6.07 Å². The summed E-state index contributed by atoms with van der Waals surface area (Å²) in [5.41, 5.74) is 2.42. The van der Waals surface area contributed by atoms with Crippen molar-refractivity contribution in [3.05, 3.63) is 78.1 Å². The molecule has 128 valence electrons. The Morgan fingerprint density at radius 3 is 2.58 bits per heavy atom. The molecule has 0 fully saturated rings. The third-order valence-electron chi connectivity index (χ3n) is 3.78. The first kappa shape index (κ1) is 15.8. The van der Waals surface area contributed by atoms with Crippen LogP contribution < -0.4 is 5.32 Å². The summed E-state index contributed by atoms with van der Waals surface area (Å²) in [7, 11) is 0. The first-order valence-electron chi connectivity index (χ1n) is 7.64. The average molecular weight is 351 g/mol. The smallest absolute Gasteiger partial charge is 0.258 e. The summed E-state index contributed by atoms with van der Waals surface area (Å²) in [5.74, 6) is -2.30. The molecule has 8 heteroatoms. The minimum Gasteiger partial charge on any atom is -0.322 e. The Kier molecular flexibility index (Phi) is 3.85. The second-order valence-electron chi connectivity index (χ2n) is 5.51. The molecule has 4 aromatic rings. The summed E-state index contributed by atoms with van der Waals surface area (Å²) in [5, 5.41) is 14.6. The third-order valence-corrected chi connectivity index (χ3v) is 3.78. The van der Waals surface area contributed by atoms with Crippen LogP contribution in [-0.2, 0) is 0 Å². The Balaban J connectivity index is 1.54. The maximum atomic E-state index is 13.7. The average Bonchev–Trinajstić information content (AvgIpc) is 3.10. The highest BCUT2D eigenvalue weighted by Gasteiger charge is 2.13. The van der Waals surface area contributed by atoms with E-state index in [9.17, 15) is 13.6 Å². The predicted octanol–water partition coefficient (Wildman–Crippen LogP) is 3.32. The van der Waals surface area contributed by atoms with Gasteiger partial charge in [0, 0.05) is 17.3 Å². The van der Waals surface area contributed by atoms with E-state index < -0.39 is 17.5 Å². The molecule has 0 radical (unpaired) electrons. The van der Waals surface area contributed by atoms with E-state index >= 15 is 0 Å². The van der Waals surface area contributed by atoms with Crippen molar-refractivity contribution in [3.63, 3.8) is 0 Å². The molecular formula is C18H11F2N5O. The van der Waals surface area contributed by atoms with Crippen LogP contribution in [0, 0.1) is 11.6 Å². The van der Waals surface area contributed by atoms with E-state index in [-0.39, 0.29) is 5.56 Å². The Morgan fingerprint density at radius 2 is 1.81 bits per heavy atom. The number of anilines is 1. The van der Waals surface area contributed by atoms with E-state index in [0.29, 0.717) is 23.1 Å². The van der Waals surface area contributed by atoms with Crippen molar-refractivity contribution >= 4 is 17.2 Å². The van der Waals surface area contributed by atoms with Crippen molar-refractivity contribution < 1.29 is 13.6 Å². The van der Waals surface area contributed by atoms with Crippen molar-refractivity contribution in [2.75, 3.05) is 5.32 Å². The molecule has 6 nitrogen and oxygen atoms in total. The summed E-state index contributed by atoms with van der Waals surface area (Å²) in [6, 6.07) is 13.3. The van der Waals surface area contributed by atoms with Crippen molar-refractivity contribution in [2.24, 2.45) is 0 Å². The number of halogens is 2. The predicted molar refractivity (Wildman–Crippen MR) is 90.5 cm³/mol. The van der Waals surface area contributed by atoms with E-state index in [4.69, 9.17) is 0 Å². The number of nitrogens with one attached hydrogen (secondary N) is 1. The zero-order valence-corrected chi connectivity index (χ0v) is 13.2. The van der Waals surface area contributed by atoms with Crippen molar-refractivity contribution in [1.29, 1.82) is 0 Å². The van der Waals surface area contributed by atoms with Gasteiger partial charge in [-0.15, -0.1) is 10.2 Å². The SMILES string of the molecule is O=C(Nc1ccc(-c2ccc3nncn3n2)cc1)c1ccc(F)cc1F. The molecule has 4 rings (SSSR count). The number of amides is 1. The highest BCUT2D eigenvalue weighted by molar-refractivity contribution is 6.04. The van der Waals surface area contributed by atoms with Gasteiger partial charge in [0.15, 0.2) is 5.65 Å². The van der Waals surface area contributed by atoms with Crippen LogP contribution in [0.5, 0.6) is 0 Å². The third kappa shape index (κ3) is 3.00. The maximum absolute atomic E-state index is 13.7. The molecule has 0 saturated heterocycles. The van der Waals surface area contributed by atoms with Crippen LogP contribution in [-0.4, -0.2) is 25.7 Å². The minimum absolute atomic E-state index is 0.227.